The molecular weight excluding hydrogens is 466 g/mol. The van der Waals surface area contributed by atoms with Crippen LogP contribution in [0.1, 0.15) is 37.9 Å². The molecular formula is C23H24BrNO4S. The standard InChI is InChI=1S/C23H24BrNO4S/c1-4-29-23(26)15-22-19(16(2)3)14-21(18-12-8-9-13-20(18)24)25(22)30(27,28)17-10-6-5-7-11-17/h5-14,16H,4,15H2,1-3H3. The lowest BCUT2D eigenvalue weighted by Crippen LogP contribution is -2.20. The van der Waals surface area contributed by atoms with E-state index >= 15 is 0 Å². The summed E-state index contributed by atoms with van der Waals surface area (Å²) in [4.78, 5) is 12.5. The maximum atomic E-state index is 13.7. The van der Waals surface area contributed by atoms with Crippen molar-refractivity contribution in [3.63, 3.8) is 0 Å². The Morgan fingerprint density at radius 1 is 1.07 bits per heavy atom. The Morgan fingerprint density at radius 2 is 1.70 bits per heavy atom. The first-order chi connectivity index (χ1) is 14.3. The van der Waals surface area contributed by atoms with Gasteiger partial charge in [0.2, 0.25) is 0 Å². The maximum absolute atomic E-state index is 13.7. The highest BCUT2D eigenvalue weighted by atomic mass is 79.9. The summed E-state index contributed by atoms with van der Waals surface area (Å²) in [5.41, 5.74) is 2.47. The summed E-state index contributed by atoms with van der Waals surface area (Å²) in [7, 11) is -3.95. The van der Waals surface area contributed by atoms with E-state index in [1.54, 1.807) is 37.3 Å². The van der Waals surface area contributed by atoms with Crippen molar-refractivity contribution in [1.82, 2.24) is 3.97 Å². The predicted molar refractivity (Wildman–Crippen MR) is 121 cm³/mol. The number of ether oxygens (including phenoxy) is 1. The number of halogens is 1. The van der Waals surface area contributed by atoms with Crippen molar-refractivity contribution >= 4 is 31.9 Å². The van der Waals surface area contributed by atoms with Crippen LogP contribution in [0.4, 0.5) is 0 Å². The monoisotopic (exact) mass is 489 g/mol. The zero-order valence-corrected chi connectivity index (χ0v) is 19.5. The summed E-state index contributed by atoms with van der Waals surface area (Å²) in [6.45, 7) is 5.92. The van der Waals surface area contributed by atoms with Gasteiger partial charge in [-0.05, 0) is 42.7 Å². The Hall–Kier alpha value is -2.38. The number of carbonyl (C=O) groups is 1. The molecule has 0 fully saturated rings. The van der Waals surface area contributed by atoms with Crippen LogP contribution in [-0.4, -0.2) is 25.0 Å². The molecule has 0 amide bonds. The lowest BCUT2D eigenvalue weighted by atomic mass is 10.0. The van der Waals surface area contributed by atoms with E-state index in [1.807, 2.05) is 44.2 Å². The normalized spacial score (nSPS) is 11.6. The molecule has 158 valence electrons. The molecule has 0 atom stereocenters. The van der Waals surface area contributed by atoms with Gasteiger partial charge >= 0.3 is 5.97 Å². The van der Waals surface area contributed by atoms with Gasteiger partial charge in [0.15, 0.2) is 0 Å². The van der Waals surface area contributed by atoms with E-state index in [1.165, 1.54) is 3.97 Å². The molecule has 0 saturated heterocycles. The molecule has 0 N–H and O–H groups in total. The van der Waals surface area contributed by atoms with Crippen molar-refractivity contribution in [3.05, 3.63) is 76.4 Å². The second-order valence-electron chi connectivity index (χ2n) is 7.13. The van der Waals surface area contributed by atoms with E-state index in [-0.39, 0.29) is 23.8 Å². The van der Waals surface area contributed by atoms with Crippen molar-refractivity contribution in [2.45, 2.75) is 38.0 Å². The van der Waals surface area contributed by atoms with Gasteiger partial charge in [0.1, 0.15) is 0 Å². The molecule has 0 aliphatic carbocycles. The van der Waals surface area contributed by atoms with E-state index in [2.05, 4.69) is 15.9 Å². The van der Waals surface area contributed by atoms with Gasteiger partial charge in [-0.15, -0.1) is 0 Å². The van der Waals surface area contributed by atoms with Crippen molar-refractivity contribution < 1.29 is 17.9 Å². The Kier molecular flexibility index (Phi) is 6.83. The van der Waals surface area contributed by atoms with Crippen molar-refractivity contribution in [2.75, 3.05) is 6.61 Å². The van der Waals surface area contributed by atoms with Crippen LogP contribution >= 0.6 is 15.9 Å². The molecule has 0 aliphatic heterocycles. The van der Waals surface area contributed by atoms with Crippen LogP contribution in [0.5, 0.6) is 0 Å². The number of hydrogen-bond acceptors (Lipinski definition) is 4. The van der Waals surface area contributed by atoms with Gasteiger partial charge in [-0.3, -0.25) is 4.79 Å². The van der Waals surface area contributed by atoms with E-state index in [4.69, 9.17) is 4.74 Å². The van der Waals surface area contributed by atoms with Gasteiger partial charge in [-0.25, -0.2) is 12.4 Å². The molecule has 30 heavy (non-hydrogen) atoms. The number of benzene rings is 2. The lowest BCUT2D eigenvalue weighted by molar-refractivity contribution is -0.142. The van der Waals surface area contributed by atoms with Crippen LogP contribution in [-0.2, 0) is 26.0 Å². The van der Waals surface area contributed by atoms with Crippen LogP contribution in [0.15, 0.2) is 70.0 Å². The van der Waals surface area contributed by atoms with E-state index in [0.717, 1.165) is 15.6 Å². The first kappa shape index (κ1) is 22.3. The molecule has 1 heterocycles. The quantitative estimate of drug-likeness (QED) is 0.417. The number of hydrogen-bond donors (Lipinski definition) is 0. The zero-order chi connectivity index (χ0) is 21.9. The van der Waals surface area contributed by atoms with E-state index in [9.17, 15) is 13.2 Å². The van der Waals surface area contributed by atoms with Gasteiger partial charge in [0.05, 0.1) is 23.6 Å². The van der Waals surface area contributed by atoms with Crippen LogP contribution in [0.2, 0.25) is 0 Å². The van der Waals surface area contributed by atoms with Crippen LogP contribution in [0, 0.1) is 0 Å². The highest BCUT2D eigenvalue weighted by Gasteiger charge is 2.29. The number of aromatic nitrogens is 1. The van der Waals surface area contributed by atoms with Gasteiger partial charge in [0, 0.05) is 15.7 Å². The molecule has 0 spiro atoms. The van der Waals surface area contributed by atoms with Crippen molar-refractivity contribution in [2.24, 2.45) is 0 Å². The van der Waals surface area contributed by atoms with Crippen LogP contribution < -0.4 is 0 Å². The molecule has 7 heteroatoms. The van der Waals surface area contributed by atoms with Gasteiger partial charge in [-0.2, -0.15) is 0 Å². The maximum Gasteiger partial charge on any atom is 0.311 e. The molecule has 1 aromatic heterocycles. The fourth-order valence-electron chi connectivity index (χ4n) is 3.40. The van der Waals surface area contributed by atoms with Gasteiger partial charge in [0.25, 0.3) is 10.0 Å². The minimum Gasteiger partial charge on any atom is -0.466 e. The molecule has 3 rings (SSSR count). The smallest absolute Gasteiger partial charge is 0.311 e. The number of nitrogens with zero attached hydrogens (tertiary/aromatic N) is 1. The fraction of sp³-hybridized carbons (Fsp3) is 0.261. The highest BCUT2D eigenvalue weighted by molar-refractivity contribution is 9.10. The largest absolute Gasteiger partial charge is 0.466 e. The Morgan fingerprint density at radius 3 is 2.30 bits per heavy atom. The highest BCUT2D eigenvalue weighted by Crippen LogP contribution is 2.37. The Balaban J connectivity index is 2.36. The second-order valence-corrected chi connectivity index (χ2v) is 9.77. The average Bonchev–Trinajstić information content (AvgIpc) is 3.09. The summed E-state index contributed by atoms with van der Waals surface area (Å²) < 4.78 is 34.7. The minimum atomic E-state index is -3.95. The number of rotatable bonds is 7. The fourth-order valence-corrected chi connectivity index (χ4v) is 5.47. The molecule has 0 saturated carbocycles. The molecule has 0 radical (unpaired) electrons. The van der Waals surface area contributed by atoms with E-state index < -0.39 is 16.0 Å². The predicted octanol–water partition coefficient (Wildman–Crippen LogP) is 5.38. The third-order valence-corrected chi connectivity index (χ3v) is 7.22. The Bertz CT molecular complexity index is 1150. The molecule has 0 bridgehead atoms. The summed E-state index contributed by atoms with van der Waals surface area (Å²) in [5, 5.41) is 0. The Labute approximate surface area is 185 Å². The SMILES string of the molecule is CCOC(=O)Cc1c(C(C)C)cc(-c2ccccc2Br)n1S(=O)(=O)c1ccccc1. The average molecular weight is 490 g/mol. The zero-order valence-electron chi connectivity index (χ0n) is 17.1. The number of esters is 1. The summed E-state index contributed by atoms with van der Waals surface area (Å²) in [6, 6.07) is 17.6. The molecule has 0 aliphatic rings. The van der Waals surface area contributed by atoms with Crippen LogP contribution in [0.25, 0.3) is 11.3 Å². The van der Waals surface area contributed by atoms with Gasteiger partial charge in [-0.1, -0.05) is 66.2 Å². The first-order valence-corrected chi connectivity index (χ1v) is 12.0. The topological polar surface area (TPSA) is 65.4 Å². The second kappa shape index (κ2) is 9.18. The summed E-state index contributed by atoms with van der Waals surface area (Å²) >= 11 is 3.54. The van der Waals surface area contributed by atoms with Crippen LogP contribution in [0.3, 0.4) is 0 Å². The molecule has 3 aromatic rings. The van der Waals surface area contributed by atoms with Crippen molar-refractivity contribution in [1.29, 1.82) is 0 Å². The van der Waals surface area contributed by atoms with Gasteiger partial charge < -0.3 is 4.74 Å². The third-order valence-electron chi connectivity index (χ3n) is 4.76. The minimum absolute atomic E-state index is 0.0166. The lowest BCUT2D eigenvalue weighted by Gasteiger charge is -2.16. The third kappa shape index (κ3) is 4.37. The molecule has 5 nitrogen and oxygen atoms in total. The summed E-state index contributed by atoms with van der Waals surface area (Å²) in [6.07, 6.45) is -0.127. The molecule has 0 unspecified atom stereocenters. The summed E-state index contributed by atoms with van der Waals surface area (Å²) in [5.74, 6) is -0.441. The molecule has 2 aromatic carbocycles. The number of carbonyl (C=O) groups excluding carboxylic acids is 1. The van der Waals surface area contributed by atoms with E-state index in [0.29, 0.717) is 11.4 Å². The van der Waals surface area contributed by atoms with Crippen molar-refractivity contribution in [3.8, 4) is 11.3 Å². The first-order valence-electron chi connectivity index (χ1n) is 9.73.